The minimum absolute atomic E-state index is 0.0423. The third kappa shape index (κ3) is 4.57. The number of rotatable bonds is 7. The minimum Gasteiger partial charge on any atom is -0.478 e. The van der Waals surface area contributed by atoms with Gasteiger partial charge in [0.25, 0.3) is 5.69 Å². The van der Waals surface area contributed by atoms with Crippen molar-refractivity contribution in [3.05, 3.63) is 33.6 Å². The van der Waals surface area contributed by atoms with Crippen molar-refractivity contribution < 1.29 is 24.3 Å². The third-order valence-corrected chi connectivity index (χ3v) is 3.54. The van der Waals surface area contributed by atoms with Crippen LogP contribution in [-0.4, -0.2) is 45.3 Å². The number of nitrogens with one attached hydrogen (secondary N) is 1. The summed E-state index contributed by atoms with van der Waals surface area (Å²) in [5, 5.41) is 32.3. The second kappa shape index (κ2) is 6.72. The van der Waals surface area contributed by atoms with Gasteiger partial charge in [-0.05, 0) is 19.2 Å². The molecule has 0 amide bonds. The summed E-state index contributed by atoms with van der Waals surface area (Å²) in [5.41, 5.74) is -2.56. The summed E-state index contributed by atoms with van der Waals surface area (Å²) >= 11 is 1.39. The predicted octanol–water partition coefficient (Wildman–Crippen LogP) is 1.96. The second-order valence-corrected chi connectivity index (χ2v) is 5.56. The van der Waals surface area contributed by atoms with Crippen LogP contribution in [-0.2, 0) is 0 Å². The quantitative estimate of drug-likeness (QED) is 0.520. The molecule has 9 heteroatoms. The Morgan fingerprint density at radius 3 is 2.67 bits per heavy atom. The van der Waals surface area contributed by atoms with Gasteiger partial charge in [-0.1, -0.05) is 0 Å². The molecule has 0 saturated heterocycles. The van der Waals surface area contributed by atoms with Crippen molar-refractivity contribution in [3.8, 4) is 0 Å². The lowest BCUT2D eigenvalue weighted by Crippen LogP contribution is -2.36. The van der Waals surface area contributed by atoms with Gasteiger partial charge in [-0.2, -0.15) is 11.8 Å². The molecule has 0 aliphatic rings. The summed E-state index contributed by atoms with van der Waals surface area (Å²) in [4.78, 5) is 20.9. The second-order valence-electron chi connectivity index (χ2n) is 4.69. The van der Waals surface area contributed by atoms with Gasteiger partial charge < -0.3 is 15.5 Å². The summed E-state index contributed by atoms with van der Waals surface area (Å²) in [6.45, 7) is 1.49. The lowest BCUT2D eigenvalue weighted by atomic mass is 10.1. The van der Waals surface area contributed by atoms with E-state index in [9.17, 15) is 24.4 Å². The number of thioether (sulfide) groups is 1. The van der Waals surface area contributed by atoms with Crippen LogP contribution in [0.4, 0.5) is 15.8 Å². The van der Waals surface area contributed by atoms with E-state index in [0.29, 0.717) is 11.8 Å². The molecule has 0 radical (unpaired) electrons. The number of carboxylic acids is 1. The van der Waals surface area contributed by atoms with Crippen molar-refractivity contribution in [1.29, 1.82) is 0 Å². The first-order chi connectivity index (χ1) is 9.68. The molecular formula is C12H15FN2O5S. The Balaban J connectivity index is 3.11. The number of carbonyl (C=O) groups is 1. The first kappa shape index (κ1) is 17.2. The highest BCUT2D eigenvalue weighted by molar-refractivity contribution is 7.98. The van der Waals surface area contributed by atoms with Crippen LogP contribution in [0.15, 0.2) is 12.1 Å². The van der Waals surface area contributed by atoms with Gasteiger partial charge in [-0.15, -0.1) is 0 Å². The van der Waals surface area contributed by atoms with Crippen molar-refractivity contribution in [2.24, 2.45) is 0 Å². The van der Waals surface area contributed by atoms with Gasteiger partial charge in [-0.25, -0.2) is 9.18 Å². The fourth-order valence-corrected chi connectivity index (χ4v) is 2.39. The van der Waals surface area contributed by atoms with Crippen molar-refractivity contribution in [1.82, 2.24) is 0 Å². The van der Waals surface area contributed by atoms with Gasteiger partial charge in [-0.3, -0.25) is 10.1 Å². The van der Waals surface area contributed by atoms with Crippen LogP contribution in [0.25, 0.3) is 0 Å². The summed E-state index contributed by atoms with van der Waals surface area (Å²) in [7, 11) is 0. The van der Waals surface area contributed by atoms with E-state index in [1.54, 1.807) is 6.26 Å². The van der Waals surface area contributed by atoms with Crippen LogP contribution in [0.1, 0.15) is 17.3 Å². The maximum atomic E-state index is 13.5. The Kier molecular flexibility index (Phi) is 5.50. The van der Waals surface area contributed by atoms with Crippen molar-refractivity contribution >= 4 is 29.1 Å². The van der Waals surface area contributed by atoms with Crippen LogP contribution in [0.2, 0.25) is 0 Å². The molecule has 1 aromatic carbocycles. The molecule has 0 fully saturated rings. The number of halogens is 1. The van der Waals surface area contributed by atoms with E-state index in [1.165, 1.54) is 18.7 Å². The van der Waals surface area contributed by atoms with E-state index in [2.05, 4.69) is 5.32 Å². The number of anilines is 1. The zero-order chi connectivity index (χ0) is 16.2. The highest BCUT2D eigenvalue weighted by Crippen LogP contribution is 2.28. The van der Waals surface area contributed by atoms with Gasteiger partial charge in [0.05, 0.1) is 22.2 Å². The molecule has 0 saturated carbocycles. The number of nitro benzene ring substituents is 1. The van der Waals surface area contributed by atoms with E-state index in [-0.39, 0.29) is 12.2 Å². The molecule has 0 heterocycles. The molecule has 0 bridgehead atoms. The van der Waals surface area contributed by atoms with E-state index in [1.807, 2.05) is 0 Å². The number of carboxylic acid groups (broad SMARTS) is 1. The molecule has 0 aliphatic heterocycles. The first-order valence-electron chi connectivity index (χ1n) is 5.84. The highest BCUT2D eigenvalue weighted by Gasteiger charge is 2.24. The van der Waals surface area contributed by atoms with Crippen molar-refractivity contribution in [3.63, 3.8) is 0 Å². The molecule has 1 atom stereocenters. The van der Waals surface area contributed by atoms with Gasteiger partial charge in [0, 0.05) is 12.3 Å². The molecule has 21 heavy (non-hydrogen) atoms. The Bertz CT molecular complexity index is 565. The van der Waals surface area contributed by atoms with E-state index in [4.69, 9.17) is 5.11 Å². The molecule has 116 valence electrons. The fourth-order valence-electron chi connectivity index (χ4n) is 1.67. The largest absolute Gasteiger partial charge is 0.478 e. The van der Waals surface area contributed by atoms with Crippen molar-refractivity contribution in [2.75, 3.05) is 23.9 Å². The molecule has 1 rings (SSSR count). The number of aliphatic hydroxyl groups is 1. The molecule has 1 unspecified atom stereocenters. The fraction of sp³-hybridized carbons (Fsp3) is 0.417. The lowest BCUT2D eigenvalue weighted by Gasteiger charge is -2.23. The summed E-state index contributed by atoms with van der Waals surface area (Å²) in [5.74, 6) is -2.34. The van der Waals surface area contributed by atoms with Gasteiger partial charge in [0.1, 0.15) is 11.5 Å². The zero-order valence-corrected chi connectivity index (χ0v) is 12.2. The third-order valence-electron chi connectivity index (χ3n) is 2.63. The maximum absolute atomic E-state index is 13.5. The average Bonchev–Trinajstić information content (AvgIpc) is 2.36. The number of benzene rings is 1. The smallest absolute Gasteiger partial charge is 0.338 e. The van der Waals surface area contributed by atoms with Crippen LogP contribution >= 0.6 is 11.8 Å². The summed E-state index contributed by atoms with van der Waals surface area (Å²) in [6.07, 6.45) is 1.79. The van der Waals surface area contributed by atoms with Crippen LogP contribution in [0.5, 0.6) is 0 Å². The first-order valence-corrected chi connectivity index (χ1v) is 7.24. The maximum Gasteiger partial charge on any atom is 0.338 e. The minimum atomic E-state index is -1.53. The molecular weight excluding hydrogens is 303 g/mol. The van der Waals surface area contributed by atoms with E-state index in [0.717, 1.165) is 6.07 Å². The Morgan fingerprint density at radius 1 is 1.57 bits per heavy atom. The normalized spacial score (nSPS) is 13.5. The molecule has 3 N–H and O–H groups in total. The van der Waals surface area contributed by atoms with Crippen molar-refractivity contribution in [2.45, 2.75) is 12.5 Å². The Morgan fingerprint density at radius 2 is 2.19 bits per heavy atom. The van der Waals surface area contributed by atoms with Gasteiger partial charge >= 0.3 is 5.97 Å². The highest BCUT2D eigenvalue weighted by atomic mass is 32.2. The van der Waals surface area contributed by atoms with E-state index >= 15 is 0 Å². The average molecular weight is 318 g/mol. The SMILES string of the molecule is CSCC(C)(O)CNc1cc(C(=O)O)c(F)cc1[N+](=O)[O-]. The molecule has 7 nitrogen and oxygen atoms in total. The van der Waals surface area contributed by atoms with Crippen LogP contribution < -0.4 is 5.32 Å². The number of hydrogen-bond donors (Lipinski definition) is 3. The molecule has 1 aromatic rings. The monoisotopic (exact) mass is 318 g/mol. The Hall–Kier alpha value is -1.87. The van der Waals surface area contributed by atoms with Crippen LogP contribution in [0.3, 0.4) is 0 Å². The predicted molar refractivity (Wildman–Crippen MR) is 77.5 cm³/mol. The molecule has 0 aromatic heterocycles. The van der Waals surface area contributed by atoms with Gasteiger partial charge in [0.15, 0.2) is 0 Å². The Labute approximate surface area is 124 Å². The zero-order valence-electron chi connectivity index (χ0n) is 11.4. The molecule has 0 aliphatic carbocycles. The molecule has 0 spiro atoms. The number of hydrogen-bond acceptors (Lipinski definition) is 6. The number of nitrogens with zero attached hydrogens (tertiary/aromatic N) is 1. The topological polar surface area (TPSA) is 113 Å². The number of aromatic carboxylic acids is 1. The lowest BCUT2D eigenvalue weighted by molar-refractivity contribution is -0.384. The summed E-state index contributed by atoms with van der Waals surface area (Å²) < 4.78 is 13.5. The summed E-state index contributed by atoms with van der Waals surface area (Å²) in [6, 6.07) is 1.40. The van der Waals surface area contributed by atoms with Crippen LogP contribution in [0, 0.1) is 15.9 Å². The standard InChI is InChI=1S/C12H15FN2O5S/c1-12(18,6-21-2)5-14-9-3-7(11(16)17)8(13)4-10(9)15(19)20/h3-4,14,18H,5-6H2,1-2H3,(H,16,17). The number of nitro groups is 1. The van der Waals surface area contributed by atoms with Gasteiger partial charge in [0.2, 0.25) is 0 Å². The van der Waals surface area contributed by atoms with E-state index < -0.39 is 33.6 Å².